The lowest BCUT2D eigenvalue weighted by Gasteiger charge is -2.07. The van der Waals surface area contributed by atoms with Gasteiger partial charge in [0.05, 0.1) is 4.92 Å². The molecule has 0 spiro atoms. The number of allylic oxidation sites excluding steroid dienone is 1. The van der Waals surface area contributed by atoms with Crippen LogP contribution in [0.15, 0.2) is 70.9 Å². The Labute approximate surface area is 176 Å². The highest BCUT2D eigenvalue weighted by Crippen LogP contribution is 2.23. The van der Waals surface area contributed by atoms with Gasteiger partial charge in [-0.2, -0.15) is 5.10 Å². The van der Waals surface area contributed by atoms with Crippen LogP contribution in [-0.2, 0) is 9.59 Å². The molecule has 0 bridgehead atoms. The Morgan fingerprint density at radius 3 is 2.63 bits per heavy atom. The average molecular weight is 423 g/mol. The molecule has 3 rings (SSSR count). The normalized spacial score (nSPS) is 17.5. The van der Waals surface area contributed by atoms with Gasteiger partial charge < -0.3 is 10.6 Å². The van der Waals surface area contributed by atoms with Crippen molar-refractivity contribution in [1.29, 1.82) is 0 Å². The topological polar surface area (TPSA) is 126 Å². The molecule has 0 aliphatic carbocycles. The molecule has 1 fully saturated rings. The number of benzene rings is 2. The molecular formula is C20H17N5O4S. The molecule has 1 atom stereocenters. The van der Waals surface area contributed by atoms with Crippen LogP contribution in [0.5, 0.6) is 0 Å². The van der Waals surface area contributed by atoms with Crippen molar-refractivity contribution < 1.29 is 14.5 Å². The molecule has 10 heteroatoms. The quantitative estimate of drug-likeness (QED) is 0.402. The summed E-state index contributed by atoms with van der Waals surface area (Å²) in [6.07, 6.45) is 5.04. The van der Waals surface area contributed by atoms with E-state index in [1.165, 1.54) is 30.5 Å². The summed E-state index contributed by atoms with van der Waals surface area (Å²) in [5, 5.41) is 23.4. The highest BCUT2D eigenvalue weighted by atomic mass is 32.2. The van der Waals surface area contributed by atoms with Crippen LogP contribution in [0.25, 0.3) is 6.08 Å². The molecule has 2 aromatic rings. The Bertz CT molecular complexity index is 1020. The van der Waals surface area contributed by atoms with Crippen LogP contribution >= 0.6 is 11.8 Å². The van der Waals surface area contributed by atoms with Gasteiger partial charge in [-0.25, -0.2) is 0 Å². The largest absolute Gasteiger partial charge is 0.326 e. The second-order valence-corrected chi connectivity index (χ2v) is 7.28. The van der Waals surface area contributed by atoms with Gasteiger partial charge >= 0.3 is 0 Å². The van der Waals surface area contributed by atoms with E-state index in [1.54, 1.807) is 6.08 Å². The second-order valence-electron chi connectivity index (χ2n) is 6.09. The number of hydrogen-bond donors (Lipinski definition) is 2. The molecule has 0 aromatic heterocycles. The van der Waals surface area contributed by atoms with Crippen LogP contribution in [-0.4, -0.2) is 33.4 Å². The second kappa shape index (κ2) is 10.1. The van der Waals surface area contributed by atoms with Crippen molar-refractivity contribution in [2.45, 2.75) is 11.7 Å². The minimum absolute atomic E-state index is 0.0653. The lowest BCUT2D eigenvalue weighted by atomic mass is 10.2. The number of thioether (sulfide) groups is 1. The van der Waals surface area contributed by atoms with Crippen molar-refractivity contribution in [1.82, 2.24) is 5.32 Å². The maximum atomic E-state index is 12.2. The predicted molar refractivity (Wildman–Crippen MR) is 117 cm³/mol. The fourth-order valence-electron chi connectivity index (χ4n) is 2.48. The number of nitrogens with one attached hydrogen (secondary N) is 2. The predicted octanol–water partition coefficient (Wildman–Crippen LogP) is 3.21. The number of rotatable bonds is 7. The van der Waals surface area contributed by atoms with Crippen LogP contribution < -0.4 is 10.6 Å². The Hall–Kier alpha value is -3.79. The van der Waals surface area contributed by atoms with E-state index in [9.17, 15) is 19.7 Å². The molecule has 2 aromatic carbocycles. The summed E-state index contributed by atoms with van der Waals surface area (Å²) >= 11 is 1.12. The zero-order valence-corrected chi connectivity index (χ0v) is 16.4. The zero-order chi connectivity index (χ0) is 21.3. The molecule has 0 radical (unpaired) electrons. The molecule has 1 aliphatic heterocycles. The van der Waals surface area contributed by atoms with Gasteiger partial charge in [-0.15, -0.1) is 5.10 Å². The number of amidine groups is 1. The Morgan fingerprint density at radius 2 is 1.93 bits per heavy atom. The Kier molecular flexibility index (Phi) is 7.06. The first-order chi connectivity index (χ1) is 14.5. The average Bonchev–Trinajstić information content (AvgIpc) is 3.08. The third kappa shape index (κ3) is 6.11. The van der Waals surface area contributed by atoms with Crippen LogP contribution in [0, 0.1) is 10.1 Å². The first-order valence-corrected chi connectivity index (χ1v) is 9.74. The maximum absolute atomic E-state index is 12.2. The van der Waals surface area contributed by atoms with Crippen molar-refractivity contribution in [3.63, 3.8) is 0 Å². The molecule has 1 unspecified atom stereocenters. The Balaban J connectivity index is 1.49. The number of carbonyl (C=O) groups is 2. The zero-order valence-electron chi connectivity index (χ0n) is 15.6. The first kappa shape index (κ1) is 20.9. The van der Waals surface area contributed by atoms with Crippen LogP contribution in [0.3, 0.4) is 0 Å². The molecule has 1 saturated heterocycles. The smallest absolute Gasteiger partial charge is 0.269 e. The van der Waals surface area contributed by atoms with Gasteiger partial charge in [-0.05, 0) is 23.8 Å². The van der Waals surface area contributed by atoms with Gasteiger partial charge in [0.25, 0.3) is 5.69 Å². The number of amides is 2. The van der Waals surface area contributed by atoms with Crippen LogP contribution in [0.2, 0.25) is 0 Å². The molecule has 1 aliphatic rings. The molecule has 2 N–H and O–H groups in total. The van der Waals surface area contributed by atoms with E-state index in [2.05, 4.69) is 20.8 Å². The lowest BCUT2D eigenvalue weighted by Crippen LogP contribution is -2.28. The summed E-state index contributed by atoms with van der Waals surface area (Å²) in [7, 11) is 0. The summed E-state index contributed by atoms with van der Waals surface area (Å²) in [6.45, 7) is 0. The molecule has 9 nitrogen and oxygen atoms in total. The maximum Gasteiger partial charge on any atom is 0.269 e. The van der Waals surface area contributed by atoms with E-state index >= 15 is 0 Å². The van der Waals surface area contributed by atoms with Gasteiger partial charge in [0.1, 0.15) is 5.25 Å². The molecular weight excluding hydrogens is 406 g/mol. The number of nitro benzene ring substituents is 1. The fourth-order valence-corrected chi connectivity index (χ4v) is 3.40. The monoisotopic (exact) mass is 423 g/mol. The number of nitrogens with zero attached hydrogens (tertiary/aromatic N) is 3. The SMILES string of the molecule is O=C(CC1S/C(=N/N=C/C=C/c2ccccc2)NC1=O)Nc1ccc([N+](=O)[O-])cc1. The molecule has 2 amide bonds. The van der Waals surface area contributed by atoms with Crippen molar-refractivity contribution in [3.05, 3.63) is 76.4 Å². The highest BCUT2D eigenvalue weighted by Gasteiger charge is 2.32. The van der Waals surface area contributed by atoms with Gasteiger partial charge in [-0.3, -0.25) is 19.7 Å². The number of carbonyl (C=O) groups excluding carboxylic acids is 2. The third-order valence-corrected chi connectivity index (χ3v) is 4.97. The summed E-state index contributed by atoms with van der Waals surface area (Å²) in [6, 6.07) is 15.2. The number of hydrogen-bond acceptors (Lipinski definition) is 7. The number of anilines is 1. The van der Waals surface area contributed by atoms with Gasteiger partial charge in [0.15, 0.2) is 5.17 Å². The van der Waals surface area contributed by atoms with Gasteiger partial charge in [-0.1, -0.05) is 48.2 Å². The van der Waals surface area contributed by atoms with E-state index in [0.717, 1.165) is 17.3 Å². The molecule has 30 heavy (non-hydrogen) atoms. The Morgan fingerprint density at radius 1 is 1.20 bits per heavy atom. The van der Waals surface area contributed by atoms with Crippen molar-refractivity contribution in [3.8, 4) is 0 Å². The van der Waals surface area contributed by atoms with Crippen molar-refractivity contribution in [2.75, 3.05) is 5.32 Å². The lowest BCUT2D eigenvalue weighted by molar-refractivity contribution is -0.384. The van der Waals surface area contributed by atoms with Crippen LogP contribution in [0.1, 0.15) is 12.0 Å². The van der Waals surface area contributed by atoms with Crippen molar-refractivity contribution >= 4 is 52.4 Å². The van der Waals surface area contributed by atoms with E-state index in [-0.39, 0.29) is 23.9 Å². The third-order valence-electron chi connectivity index (χ3n) is 3.90. The van der Waals surface area contributed by atoms with E-state index in [4.69, 9.17) is 0 Å². The fraction of sp³-hybridized carbons (Fsp3) is 0.100. The van der Waals surface area contributed by atoms with Gasteiger partial charge in [0.2, 0.25) is 11.8 Å². The van der Waals surface area contributed by atoms with E-state index in [1.807, 2.05) is 36.4 Å². The first-order valence-electron chi connectivity index (χ1n) is 8.86. The molecule has 0 saturated carbocycles. The molecule has 1 heterocycles. The van der Waals surface area contributed by atoms with E-state index < -0.39 is 10.2 Å². The summed E-state index contributed by atoms with van der Waals surface area (Å²) in [5.74, 6) is -0.709. The van der Waals surface area contributed by atoms with E-state index in [0.29, 0.717) is 10.9 Å². The van der Waals surface area contributed by atoms with Crippen LogP contribution in [0.4, 0.5) is 11.4 Å². The summed E-state index contributed by atoms with van der Waals surface area (Å²) < 4.78 is 0. The van der Waals surface area contributed by atoms with Gasteiger partial charge in [0, 0.05) is 30.5 Å². The summed E-state index contributed by atoms with van der Waals surface area (Å²) in [4.78, 5) is 34.3. The highest BCUT2D eigenvalue weighted by molar-refractivity contribution is 8.15. The molecule has 152 valence electrons. The summed E-state index contributed by atoms with van der Waals surface area (Å²) in [5.41, 5.74) is 1.37. The standard InChI is InChI=1S/C20H17N5O4S/c26-18(22-15-8-10-16(11-9-15)25(28)29)13-17-19(27)23-20(30-17)24-21-12-4-7-14-5-2-1-3-6-14/h1-12,17H,13H2,(H,22,26)(H,23,24,27)/b7-4+,21-12+. The number of nitro groups is 1. The minimum atomic E-state index is -0.628. The minimum Gasteiger partial charge on any atom is -0.326 e. The van der Waals surface area contributed by atoms with Crippen molar-refractivity contribution in [2.24, 2.45) is 10.2 Å². The number of non-ortho nitro benzene ring substituents is 1.